The molecule has 3 saturated heterocycles. The van der Waals surface area contributed by atoms with Crippen molar-refractivity contribution < 1.29 is 0 Å². The minimum Gasteiger partial charge on any atom is -0.342 e. The van der Waals surface area contributed by atoms with E-state index in [1.165, 1.54) is 108 Å². The van der Waals surface area contributed by atoms with Gasteiger partial charge in [-0.2, -0.15) is 0 Å². The average Bonchev–Trinajstić information content (AvgIpc) is 3.32. The lowest BCUT2D eigenvalue weighted by Gasteiger charge is -2.48. The molecule has 0 amide bonds. The van der Waals surface area contributed by atoms with Gasteiger partial charge in [-0.1, -0.05) is 44.2 Å². The van der Waals surface area contributed by atoms with Crippen LogP contribution in [0.15, 0.2) is 24.3 Å². The summed E-state index contributed by atoms with van der Waals surface area (Å²) in [7, 11) is 0. The molecule has 4 nitrogen and oxygen atoms in total. The van der Waals surface area contributed by atoms with Crippen molar-refractivity contribution in [3.8, 4) is 0 Å². The second-order valence-electron chi connectivity index (χ2n) is 10.9. The van der Waals surface area contributed by atoms with Gasteiger partial charge in [0.25, 0.3) is 0 Å². The minimum absolute atomic E-state index is 0.572. The highest BCUT2D eigenvalue weighted by molar-refractivity contribution is 5.74. The molecule has 6 rings (SSSR count). The zero-order chi connectivity index (χ0) is 20.6. The van der Waals surface area contributed by atoms with Gasteiger partial charge in [0.1, 0.15) is 5.82 Å². The minimum atomic E-state index is 0.572. The molecule has 31 heavy (non-hydrogen) atoms. The van der Waals surface area contributed by atoms with Crippen molar-refractivity contribution in [3.63, 3.8) is 0 Å². The van der Waals surface area contributed by atoms with Crippen LogP contribution in [0, 0.1) is 0 Å². The zero-order valence-corrected chi connectivity index (χ0v) is 19.1. The Labute approximate surface area is 187 Å². The van der Waals surface area contributed by atoms with Crippen molar-refractivity contribution in [3.05, 3.63) is 30.1 Å². The number of piperidine rings is 2. The monoisotopic (exact) mass is 420 g/mol. The molecule has 0 spiro atoms. The van der Waals surface area contributed by atoms with E-state index in [1.807, 2.05) is 0 Å². The van der Waals surface area contributed by atoms with Crippen molar-refractivity contribution in [1.82, 2.24) is 19.8 Å². The van der Waals surface area contributed by atoms with Crippen LogP contribution in [0.3, 0.4) is 0 Å². The highest BCUT2D eigenvalue weighted by Gasteiger charge is 2.45. The first kappa shape index (κ1) is 20.2. The van der Waals surface area contributed by atoms with Gasteiger partial charge in [0.15, 0.2) is 0 Å². The van der Waals surface area contributed by atoms with Crippen molar-refractivity contribution in [2.75, 3.05) is 13.1 Å². The van der Waals surface area contributed by atoms with Gasteiger partial charge in [-0.15, -0.1) is 0 Å². The molecule has 4 heteroatoms. The van der Waals surface area contributed by atoms with Gasteiger partial charge >= 0.3 is 0 Å². The van der Waals surface area contributed by atoms with Crippen LogP contribution in [0.1, 0.15) is 95.2 Å². The molecule has 1 saturated carbocycles. The molecule has 1 N–H and O–H groups in total. The number of likely N-dealkylation sites (tertiary alicyclic amines) is 1. The molecular formula is C27H40N4. The van der Waals surface area contributed by atoms with Gasteiger partial charge in [-0.25, -0.2) is 4.98 Å². The highest BCUT2D eigenvalue weighted by atomic mass is 15.3. The number of fused-ring (bicyclic) bond motifs is 3. The molecule has 4 heterocycles. The maximum Gasteiger partial charge on any atom is 0.111 e. The quantitative estimate of drug-likeness (QED) is 0.676. The van der Waals surface area contributed by atoms with Gasteiger partial charge in [0.2, 0.25) is 0 Å². The van der Waals surface area contributed by atoms with Crippen molar-refractivity contribution in [2.45, 2.75) is 114 Å². The van der Waals surface area contributed by atoms with Crippen molar-refractivity contribution in [2.24, 2.45) is 0 Å². The Hall–Kier alpha value is -1.39. The van der Waals surface area contributed by atoms with Crippen LogP contribution in [0.25, 0.3) is 11.0 Å². The third-order valence-electron chi connectivity index (χ3n) is 9.02. The Morgan fingerprint density at radius 1 is 0.742 bits per heavy atom. The molecule has 4 fully saturated rings. The zero-order valence-electron chi connectivity index (χ0n) is 19.1. The summed E-state index contributed by atoms with van der Waals surface area (Å²) in [6.45, 7) is 2.50. The molecule has 1 aromatic heterocycles. The Morgan fingerprint density at radius 2 is 1.48 bits per heavy atom. The Kier molecular flexibility index (Phi) is 5.78. The normalized spacial score (nSPS) is 34.1. The summed E-state index contributed by atoms with van der Waals surface area (Å²) >= 11 is 0. The number of nitrogens with zero attached hydrogens (tertiary/aromatic N) is 3. The van der Waals surface area contributed by atoms with E-state index in [0.717, 1.165) is 29.7 Å². The van der Waals surface area contributed by atoms with Crippen LogP contribution in [0.2, 0.25) is 0 Å². The van der Waals surface area contributed by atoms with Gasteiger partial charge in [-0.05, 0) is 70.0 Å². The van der Waals surface area contributed by atoms with E-state index in [2.05, 4.69) is 39.0 Å². The van der Waals surface area contributed by atoms with E-state index in [1.54, 1.807) is 0 Å². The van der Waals surface area contributed by atoms with Crippen molar-refractivity contribution >= 4 is 11.0 Å². The third-order valence-corrected chi connectivity index (χ3v) is 9.02. The number of aromatic nitrogens is 2. The van der Waals surface area contributed by atoms with Crippen LogP contribution in [0.5, 0.6) is 0 Å². The standard InChI is InChI=1S/C27H40N4/c1-2-4-10-21(11-5-3-1)31-22-14-15-23(31)18-24(17-22)30-16-8-9-20(19-30)27-28-25-12-6-7-13-26(25)29-27/h6-7,12-13,20-24H,1-5,8-11,14-19H2,(H,28,29)/t20-,22?,23?,24?/m1/s1. The van der Waals surface area contributed by atoms with Crippen molar-refractivity contribution in [1.29, 1.82) is 0 Å². The molecular weight excluding hydrogens is 380 g/mol. The van der Waals surface area contributed by atoms with Crippen LogP contribution in [-0.2, 0) is 0 Å². The van der Waals surface area contributed by atoms with E-state index in [0.29, 0.717) is 5.92 Å². The van der Waals surface area contributed by atoms with E-state index in [4.69, 9.17) is 4.98 Å². The largest absolute Gasteiger partial charge is 0.342 e. The lowest BCUT2D eigenvalue weighted by atomic mass is 9.87. The lowest BCUT2D eigenvalue weighted by molar-refractivity contribution is 0.0130. The molecule has 2 unspecified atom stereocenters. The fraction of sp³-hybridized carbons (Fsp3) is 0.741. The first-order chi connectivity index (χ1) is 15.3. The van der Waals surface area contributed by atoms with Gasteiger partial charge < -0.3 is 4.98 Å². The predicted molar refractivity (Wildman–Crippen MR) is 127 cm³/mol. The van der Waals surface area contributed by atoms with Crippen LogP contribution in [-0.4, -0.2) is 57.0 Å². The molecule has 168 valence electrons. The SMILES string of the molecule is c1ccc2[nH]c([C@@H]3CCCN(C4CC5CCC(C4)N5C4CCCCCCC4)C3)nc2c1. The summed E-state index contributed by atoms with van der Waals surface area (Å²) < 4.78 is 0. The maximum absolute atomic E-state index is 4.96. The molecule has 4 aliphatic rings. The fourth-order valence-electron chi connectivity index (χ4n) is 7.54. The number of aromatic amines is 1. The molecule has 2 aromatic rings. The maximum atomic E-state index is 4.96. The molecule has 2 bridgehead atoms. The summed E-state index contributed by atoms with van der Waals surface area (Å²) in [5, 5.41) is 0. The van der Waals surface area contributed by atoms with Crippen LogP contribution >= 0.6 is 0 Å². The highest BCUT2D eigenvalue weighted by Crippen LogP contribution is 2.42. The first-order valence-electron chi connectivity index (χ1n) is 13.3. The lowest BCUT2D eigenvalue weighted by Crippen LogP contribution is -2.55. The van der Waals surface area contributed by atoms with Crippen LogP contribution in [0.4, 0.5) is 0 Å². The Morgan fingerprint density at radius 3 is 2.26 bits per heavy atom. The summed E-state index contributed by atoms with van der Waals surface area (Å²) in [5.74, 6) is 1.79. The number of H-pyrrole nitrogens is 1. The number of rotatable bonds is 3. The number of nitrogens with one attached hydrogen (secondary N) is 1. The Bertz CT molecular complexity index is 820. The smallest absolute Gasteiger partial charge is 0.111 e. The average molecular weight is 421 g/mol. The molecule has 0 radical (unpaired) electrons. The van der Waals surface area contributed by atoms with E-state index in [9.17, 15) is 0 Å². The summed E-state index contributed by atoms with van der Waals surface area (Å²) in [6, 6.07) is 11.9. The van der Waals surface area contributed by atoms with E-state index in [-0.39, 0.29) is 0 Å². The fourth-order valence-corrected chi connectivity index (χ4v) is 7.54. The van der Waals surface area contributed by atoms with Gasteiger partial charge in [0.05, 0.1) is 11.0 Å². The number of benzene rings is 1. The molecule has 3 atom stereocenters. The van der Waals surface area contributed by atoms with Crippen LogP contribution < -0.4 is 0 Å². The van der Waals surface area contributed by atoms with E-state index < -0.39 is 0 Å². The molecule has 3 aliphatic heterocycles. The number of hydrogen-bond donors (Lipinski definition) is 1. The summed E-state index contributed by atoms with van der Waals surface area (Å²) in [5.41, 5.74) is 2.32. The van der Waals surface area contributed by atoms with Gasteiger partial charge in [0, 0.05) is 36.6 Å². The second kappa shape index (κ2) is 8.86. The first-order valence-corrected chi connectivity index (χ1v) is 13.3. The topological polar surface area (TPSA) is 35.2 Å². The molecule has 1 aromatic carbocycles. The Balaban J connectivity index is 1.13. The summed E-state index contributed by atoms with van der Waals surface area (Å²) in [6.07, 6.45) is 18.6. The molecule has 1 aliphatic carbocycles. The van der Waals surface area contributed by atoms with E-state index >= 15 is 0 Å². The van der Waals surface area contributed by atoms with Gasteiger partial charge in [-0.3, -0.25) is 9.80 Å². The summed E-state index contributed by atoms with van der Waals surface area (Å²) in [4.78, 5) is 14.5. The second-order valence-corrected chi connectivity index (χ2v) is 10.9. The predicted octanol–water partition coefficient (Wildman–Crippen LogP) is 5.85. The third kappa shape index (κ3) is 4.06. The number of imidazole rings is 1. The number of hydrogen-bond acceptors (Lipinski definition) is 3. The number of para-hydroxylation sites is 2.